The van der Waals surface area contributed by atoms with Crippen LogP contribution in [-0.4, -0.2) is 31.3 Å². The highest BCUT2D eigenvalue weighted by Gasteiger charge is 2.13. The summed E-state index contributed by atoms with van der Waals surface area (Å²) in [5.74, 6) is 1.57. The maximum absolute atomic E-state index is 12.8. The lowest BCUT2D eigenvalue weighted by molar-refractivity contribution is 0.0997. The Labute approximate surface area is 174 Å². The first kappa shape index (κ1) is 20.7. The fraction of sp³-hybridized carbons (Fsp3) is 0.273. The van der Waals surface area contributed by atoms with Gasteiger partial charge < -0.3 is 18.8 Å². The number of benzene rings is 2. The van der Waals surface area contributed by atoms with Gasteiger partial charge in [0.25, 0.3) is 5.91 Å². The van der Waals surface area contributed by atoms with Crippen molar-refractivity contribution in [3.63, 3.8) is 0 Å². The number of nitrogens with zero attached hydrogens (tertiary/aromatic N) is 2. The van der Waals surface area contributed by atoms with E-state index in [0.29, 0.717) is 28.5 Å². The highest BCUT2D eigenvalue weighted by molar-refractivity contribution is 7.09. The van der Waals surface area contributed by atoms with E-state index in [2.05, 4.69) is 4.99 Å². The van der Waals surface area contributed by atoms with Gasteiger partial charge in [-0.3, -0.25) is 4.79 Å². The first-order valence-corrected chi connectivity index (χ1v) is 10.00. The van der Waals surface area contributed by atoms with E-state index in [0.717, 1.165) is 21.9 Å². The van der Waals surface area contributed by atoms with E-state index in [9.17, 15) is 4.79 Å². The quantitative estimate of drug-likeness (QED) is 0.608. The molecule has 7 heteroatoms. The number of aryl methyl sites for hydroxylation is 1. The van der Waals surface area contributed by atoms with Gasteiger partial charge in [-0.1, -0.05) is 0 Å². The van der Waals surface area contributed by atoms with Crippen molar-refractivity contribution >= 4 is 17.2 Å². The molecule has 6 nitrogen and oxygen atoms in total. The smallest absolute Gasteiger partial charge is 0.279 e. The average molecular weight is 413 g/mol. The third-order valence-corrected chi connectivity index (χ3v) is 5.48. The van der Waals surface area contributed by atoms with Crippen LogP contribution in [0.4, 0.5) is 0 Å². The molecule has 0 fully saturated rings. The molecule has 2 aromatic carbocycles. The summed E-state index contributed by atoms with van der Waals surface area (Å²) in [5, 5.41) is 0. The van der Waals surface area contributed by atoms with Crippen LogP contribution in [0, 0.1) is 6.92 Å². The van der Waals surface area contributed by atoms with E-state index in [1.807, 2.05) is 49.7 Å². The molecule has 0 aliphatic rings. The lowest BCUT2D eigenvalue weighted by Gasteiger charge is -2.07. The van der Waals surface area contributed by atoms with Crippen molar-refractivity contribution in [1.82, 2.24) is 4.57 Å². The van der Waals surface area contributed by atoms with Gasteiger partial charge in [-0.2, -0.15) is 4.99 Å². The van der Waals surface area contributed by atoms with Crippen LogP contribution in [0.15, 0.2) is 47.5 Å². The highest BCUT2D eigenvalue weighted by atomic mass is 32.1. The molecule has 1 aromatic heterocycles. The maximum atomic E-state index is 12.8. The zero-order valence-corrected chi connectivity index (χ0v) is 18.0. The fourth-order valence-corrected chi connectivity index (χ4v) is 4.02. The van der Waals surface area contributed by atoms with Crippen LogP contribution >= 0.6 is 11.3 Å². The predicted molar refractivity (Wildman–Crippen MR) is 114 cm³/mol. The summed E-state index contributed by atoms with van der Waals surface area (Å²) in [6, 6.07) is 12.9. The number of hydrogen-bond donors (Lipinski definition) is 0. The minimum atomic E-state index is -0.350. The highest BCUT2D eigenvalue weighted by Crippen LogP contribution is 2.27. The number of methoxy groups -OCH3 is 2. The normalized spacial score (nSPS) is 11.4. The predicted octanol–water partition coefficient (Wildman–Crippen LogP) is 4.22. The molecule has 29 heavy (non-hydrogen) atoms. The molecular formula is C22H24N2O4S. The van der Waals surface area contributed by atoms with Gasteiger partial charge in [0.2, 0.25) is 0 Å². The standard InChI is InChI=1S/C22H24N2O4S/c1-6-28-17-9-7-15(8-10-17)20-14(2)29-22(24(20)3)23-21(25)16-11-18(26-4)13-19(12-16)27-5/h7-13H,6H2,1-5H3. The van der Waals surface area contributed by atoms with E-state index in [1.54, 1.807) is 32.4 Å². The summed E-state index contributed by atoms with van der Waals surface area (Å²) in [7, 11) is 5.01. The second-order valence-electron chi connectivity index (χ2n) is 6.32. The molecule has 0 saturated heterocycles. The Morgan fingerprint density at radius 3 is 2.21 bits per heavy atom. The van der Waals surface area contributed by atoms with E-state index in [4.69, 9.17) is 14.2 Å². The second kappa shape index (κ2) is 8.96. The number of rotatable bonds is 6. The van der Waals surface area contributed by atoms with E-state index in [1.165, 1.54) is 11.3 Å². The minimum absolute atomic E-state index is 0.350. The topological polar surface area (TPSA) is 62.1 Å². The number of carbonyl (C=O) groups is 1. The van der Waals surface area contributed by atoms with E-state index >= 15 is 0 Å². The molecule has 0 atom stereocenters. The number of hydrogen-bond acceptors (Lipinski definition) is 5. The Bertz CT molecular complexity index is 1060. The monoisotopic (exact) mass is 412 g/mol. The van der Waals surface area contributed by atoms with Crippen molar-refractivity contribution < 1.29 is 19.0 Å². The summed E-state index contributed by atoms with van der Waals surface area (Å²) in [5.41, 5.74) is 2.48. The van der Waals surface area contributed by atoms with Gasteiger partial charge in [-0.25, -0.2) is 0 Å². The van der Waals surface area contributed by atoms with Crippen molar-refractivity contribution in [2.24, 2.45) is 12.0 Å². The number of thiazole rings is 1. The van der Waals surface area contributed by atoms with Crippen molar-refractivity contribution in [2.45, 2.75) is 13.8 Å². The summed E-state index contributed by atoms with van der Waals surface area (Å²) in [6.07, 6.45) is 0. The SMILES string of the molecule is CCOc1ccc(-c2c(C)sc(=NC(=O)c3cc(OC)cc(OC)c3)n2C)cc1. The molecule has 0 aliphatic heterocycles. The molecule has 152 valence electrons. The van der Waals surface area contributed by atoms with Crippen LogP contribution in [0.5, 0.6) is 17.2 Å². The average Bonchev–Trinajstić information content (AvgIpc) is 3.01. The molecule has 0 saturated carbocycles. The molecule has 0 spiro atoms. The summed E-state index contributed by atoms with van der Waals surface area (Å²) >= 11 is 1.47. The first-order chi connectivity index (χ1) is 14.0. The number of ether oxygens (including phenoxy) is 3. The van der Waals surface area contributed by atoms with Gasteiger partial charge >= 0.3 is 0 Å². The summed E-state index contributed by atoms with van der Waals surface area (Å²) in [4.78, 5) is 18.8. The molecular weight excluding hydrogens is 388 g/mol. The van der Waals surface area contributed by atoms with Gasteiger partial charge in [0.15, 0.2) is 4.80 Å². The van der Waals surface area contributed by atoms with Crippen LogP contribution < -0.4 is 19.0 Å². The second-order valence-corrected chi connectivity index (χ2v) is 7.51. The van der Waals surface area contributed by atoms with Crippen molar-refractivity contribution in [2.75, 3.05) is 20.8 Å². The Balaban J connectivity index is 1.99. The molecule has 0 radical (unpaired) electrons. The van der Waals surface area contributed by atoms with Crippen LogP contribution in [0.25, 0.3) is 11.3 Å². The van der Waals surface area contributed by atoms with Crippen molar-refractivity contribution in [3.05, 3.63) is 57.7 Å². The Kier molecular flexibility index (Phi) is 6.39. The van der Waals surface area contributed by atoms with E-state index < -0.39 is 0 Å². The molecule has 3 rings (SSSR count). The van der Waals surface area contributed by atoms with Crippen LogP contribution in [0.3, 0.4) is 0 Å². The molecule has 1 amide bonds. The Morgan fingerprint density at radius 1 is 1.03 bits per heavy atom. The molecule has 3 aromatic rings. The van der Waals surface area contributed by atoms with Crippen LogP contribution in [0.2, 0.25) is 0 Å². The fourth-order valence-electron chi connectivity index (χ4n) is 3.04. The first-order valence-electron chi connectivity index (χ1n) is 9.18. The number of carbonyl (C=O) groups excluding carboxylic acids is 1. The lowest BCUT2D eigenvalue weighted by Crippen LogP contribution is -2.14. The Morgan fingerprint density at radius 2 is 1.66 bits per heavy atom. The summed E-state index contributed by atoms with van der Waals surface area (Å²) in [6.45, 7) is 4.61. The van der Waals surface area contributed by atoms with Crippen LogP contribution in [0.1, 0.15) is 22.2 Å². The van der Waals surface area contributed by atoms with Crippen molar-refractivity contribution in [3.8, 4) is 28.5 Å². The van der Waals surface area contributed by atoms with Crippen molar-refractivity contribution in [1.29, 1.82) is 0 Å². The molecule has 0 N–H and O–H groups in total. The third kappa shape index (κ3) is 4.51. The summed E-state index contributed by atoms with van der Waals surface area (Å²) < 4.78 is 17.9. The number of aromatic nitrogens is 1. The Hall–Kier alpha value is -3.06. The molecule has 0 unspecified atom stereocenters. The van der Waals surface area contributed by atoms with Gasteiger partial charge in [-0.15, -0.1) is 11.3 Å². The van der Waals surface area contributed by atoms with Crippen LogP contribution in [-0.2, 0) is 7.05 Å². The van der Waals surface area contributed by atoms with Gasteiger partial charge in [0.1, 0.15) is 17.2 Å². The molecule has 1 heterocycles. The molecule has 0 aliphatic carbocycles. The van der Waals surface area contributed by atoms with Gasteiger partial charge in [-0.05, 0) is 55.8 Å². The van der Waals surface area contributed by atoms with Gasteiger partial charge in [0, 0.05) is 23.6 Å². The minimum Gasteiger partial charge on any atom is -0.497 e. The lowest BCUT2D eigenvalue weighted by atomic mass is 10.1. The zero-order chi connectivity index (χ0) is 21.0. The number of amides is 1. The largest absolute Gasteiger partial charge is 0.497 e. The third-order valence-electron chi connectivity index (χ3n) is 4.43. The molecule has 0 bridgehead atoms. The maximum Gasteiger partial charge on any atom is 0.279 e. The van der Waals surface area contributed by atoms with E-state index in [-0.39, 0.29) is 5.91 Å². The van der Waals surface area contributed by atoms with Gasteiger partial charge in [0.05, 0.1) is 26.5 Å². The zero-order valence-electron chi connectivity index (χ0n) is 17.2.